The molecule has 0 aromatic rings. The van der Waals surface area contributed by atoms with E-state index in [0.29, 0.717) is 6.54 Å². The highest BCUT2D eigenvalue weighted by Crippen LogP contribution is 1.97. The summed E-state index contributed by atoms with van der Waals surface area (Å²) in [5.74, 6) is 0.0667. The van der Waals surface area contributed by atoms with Gasteiger partial charge in [-0.15, -0.1) is 24.8 Å². The summed E-state index contributed by atoms with van der Waals surface area (Å²) >= 11 is 0. The first-order valence-corrected chi connectivity index (χ1v) is 3.64. The maximum absolute atomic E-state index is 10.6. The second kappa shape index (κ2) is 11.2. The molecule has 0 amide bonds. The van der Waals surface area contributed by atoms with Crippen LogP contribution in [0.2, 0.25) is 0 Å². The lowest BCUT2D eigenvalue weighted by atomic mass is 10.1. The number of carbonyl (C=O) groups excluding carboxylic acids is 1. The second-order valence-electron chi connectivity index (χ2n) is 2.50. The zero-order chi connectivity index (χ0) is 7.98. The first-order valence-electron chi connectivity index (χ1n) is 3.64. The van der Waals surface area contributed by atoms with Gasteiger partial charge in [-0.25, -0.2) is 0 Å². The van der Waals surface area contributed by atoms with Crippen LogP contribution in [0.25, 0.3) is 0 Å². The van der Waals surface area contributed by atoms with E-state index in [9.17, 15) is 4.79 Å². The van der Waals surface area contributed by atoms with Crippen LogP contribution in [0.5, 0.6) is 0 Å². The standard InChI is InChI=1S/C7H16N2O.2ClH/c1-6(10)7(9)4-2-3-5-8;;/h7H,2-5,8-9H2,1H3;2*1H. The molecule has 0 aromatic heterocycles. The minimum atomic E-state index is -0.272. The third kappa shape index (κ3) is 10.2. The first kappa shape index (κ1) is 18.1. The number of hydrogen-bond acceptors (Lipinski definition) is 3. The summed E-state index contributed by atoms with van der Waals surface area (Å²) in [4.78, 5) is 10.6. The number of hydrogen-bond donors (Lipinski definition) is 2. The molecule has 0 aromatic carbocycles. The average molecular weight is 217 g/mol. The lowest BCUT2D eigenvalue weighted by Crippen LogP contribution is -2.28. The molecule has 0 saturated heterocycles. The van der Waals surface area contributed by atoms with Crippen molar-refractivity contribution in [2.45, 2.75) is 32.2 Å². The number of Topliss-reactive ketones (excluding diaryl/α,β-unsaturated/α-hetero) is 1. The molecule has 0 rings (SSSR count). The van der Waals surface area contributed by atoms with Gasteiger partial charge in [0, 0.05) is 0 Å². The van der Waals surface area contributed by atoms with Gasteiger partial charge in [-0.05, 0) is 26.3 Å². The van der Waals surface area contributed by atoms with E-state index in [-0.39, 0.29) is 36.6 Å². The predicted octanol–water partition coefficient (Wildman–Crippen LogP) is 0.875. The molecule has 12 heavy (non-hydrogen) atoms. The summed E-state index contributed by atoms with van der Waals surface area (Å²) in [6.45, 7) is 2.21. The molecule has 0 aliphatic carbocycles. The normalized spacial score (nSPS) is 10.9. The van der Waals surface area contributed by atoms with Crippen LogP contribution in [-0.2, 0) is 4.79 Å². The van der Waals surface area contributed by atoms with E-state index in [4.69, 9.17) is 11.5 Å². The van der Waals surface area contributed by atoms with E-state index in [1.807, 2.05) is 0 Å². The molecule has 0 radical (unpaired) electrons. The van der Waals surface area contributed by atoms with Gasteiger partial charge in [-0.2, -0.15) is 0 Å². The number of ketones is 1. The van der Waals surface area contributed by atoms with E-state index in [0.717, 1.165) is 19.3 Å². The first-order chi connectivity index (χ1) is 4.68. The molecule has 0 aliphatic heterocycles. The van der Waals surface area contributed by atoms with Gasteiger partial charge in [0.15, 0.2) is 0 Å². The van der Waals surface area contributed by atoms with Gasteiger partial charge < -0.3 is 11.5 Å². The Morgan fingerprint density at radius 2 is 1.83 bits per heavy atom. The fourth-order valence-electron chi connectivity index (χ4n) is 0.712. The number of carbonyl (C=O) groups is 1. The van der Waals surface area contributed by atoms with E-state index in [1.54, 1.807) is 0 Å². The highest BCUT2D eigenvalue weighted by molar-refractivity contribution is 5.85. The van der Waals surface area contributed by atoms with E-state index in [1.165, 1.54) is 6.92 Å². The average Bonchev–Trinajstić information content (AvgIpc) is 1.88. The maximum Gasteiger partial charge on any atom is 0.146 e. The van der Waals surface area contributed by atoms with Crippen LogP contribution in [0.3, 0.4) is 0 Å². The SMILES string of the molecule is CC(=O)C(N)CCCCN.Cl.Cl. The fraction of sp³-hybridized carbons (Fsp3) is 0.857. The van der Waals surface area contributed by atoms with Gasteiger partial charge in [0.1, 0.15) is 5.78 Å². The predicted molar refractivity (Wildman–Crippen MR) is 56.1 cm³/mol. The summed E-state index contributed by atoms with van der Waals surface area (Å²) in [6, 6.07) is -0.272. The monoisotopic (exact) mass is 216 g/mol. The molecule has 76 valence electrons. The van der Waals surface area contributed by atoms with Crippen LogP contribution in [-0.4, -0.2) is 18.4 Å². The minimum Gasteiger partial charge on any atom is -0.330 e. The summed E-state index contributed by atoms with van der Waals surface area (Å²) in [5, 5.41) is 0. The minimum absolute atomic E-state index is 0. The molecule has 0 saturated carbocycles. The summed E-state index contributed by atoms with van der Waals surface area (Å²) in [5.41, 5.74) is 10.7. The Balaban J connectivity index is -0.000000405. The molecular formula is C7H18Cl2N2O. The molecule has 0 bridgehead atoms. The molecule has 0 spiro atoms. The number of unbranched alkanes of at least 4 members (excludes halogenated alkanes) is 1. The second-order valence-corrected chi connectivity index (χ2v) is 2.50. The molecule has 0 aliphatic rings. The molecule has 5 heteroatoms. The van der Waals surface area contributed by atoms with Crippen LogP contribution < -0.4 is 11.5 Å². The van der Waals surface area contributed by atoms with Crippen molar-refractivity contribution in [3.05, 3.63) is 0 Å². The van der Waals surface area contributed by atoms with Crippen molar-refractivity contribution in [3.63, 3.8) is 0 Å². The quantitative estimate of drug-likeness (QED) is 0.671. The van der Waals surface area contributed by atoms with Crippen molar-refractivity contribution in [1.29, 1.82) is 0 Å². The number of rotatable bonds is 5. The molecule has 1 unspecified atom stereocenters. The zero-order valence-corrected chi connectivity index (χ0v) is 8.92. The van der Waals surface area contributed by atoms with E-state index >= 15 is 0 Å². The van der Waals surface area contributed by atoms with Crippen molar-refractivity contribution in [3.8, 4) is 0 Å². The van der Waals surface area contributed by atoms with Gasteiger partial charge in [-0.1, -0.05) is 6.42 Å². The van der Waals surface area contributed by atoms with Crippen LogP contribution in [0.15, 0.2) is 0 Å². The summed E-state index contributed by atoms with van der Waals surface area (Å²) in [7, 11) is 0. The fourth-order valence-corrected chi connectivity index (χ4v) is 0.712. The third-order valence-electron chi connectivity index (χ3n) is 1.49. The van der Waals surface area contributed by atoms with Crippen LogP contribution in [0, 0.1) is 0 Å². The highest BCUT2D eigenvalue weighted by Gasteiger charge is 2.05. The Morgan fingerprint density at radius 3 is 2.17 bits per heavy atom. The maximum atomic E-state index is 10.6. The Kier molecular flexibility index (Phi) is 16.8. The Hall–Kier alpha value is 0.170. The molecule has 4 N–H and O–H groups in total. The van der Waals surface area contributed by atoms with Crippen molar-refractivity contribution in [2.75, 3.05) is 6.54 Å². The Morgan fingerprint density at radius 1 is 1.33 bits per heavy atom. The van der Waals surface area contributed by atoms with E-state index < -0.39 is 0 Å². The van der Waals surface area contributed by atoms with Crippen molar-refractivity contribution < 1.29 is 4.79 Å². The smallest absolute Gasteiger partial charge is 0.146 e. The Bertz CT molecular complexity index is 112. The van der Waals surface area contributed by atoms with Gasteiger partial charge >= 0.3 is 0 Å². The molecule has 0 fully saturated rings. The summed E-state index contributed by atoms with van der Waals surface area (Å²) in [6.07, 6.45) is 2.69. The Labute approximate surface area is 86.1 Å². The summed E-state index contributed by atoms with van der Waals surface area (Å²) < 4.78 is 0. The topological polar surface area (TPSA) is 69.1 Å². The number of nitrogens with two attached hydrogens (primary N) is 2. The number of halogens is 2. The van der Waals surface area contributed by atoms with Crippen molar-refractivity contribution >= 4 is 30.6 Å². The lowest BCUT2D eigenvalue weighted by molar-refractivity contribution is -0.118. The van der Waals surface area contributed by atoms with Gasteiger partial charge in [0.05, 0.1) is 6.04 Å². The van der Waals surface area contributed by atoms with E-state index in [2.05, 4.69) is 0 Å². The largest absolute Gasteiger partial charge is 0.330 e. The van der Waals surface area contributed by atoms with Gasteiger partial charge in [0.25, 0.3) is 0 Å². The third-order valence-corrected chi connectivity index (χ3v) is 1.49. The molecule has 1 atom stereocenters. The molecular weight excluding hydrogens is 199 g/mol. The van der Waals surface area contributed by atoms with Crippen molar-refractivity contribution in [2.24, 2.45) is 11.5 Å². The van der Waals surface area contributed by atoms with Crippen molar-refractivity contribution in [1.82, 2.24) is 0 Å². The molecule has 0 heterocycles. The van der Waals surface area contributed by atoms with Crippen LogP contribution in [0.1, 0.15) is 26.2 Å². The van der Waals surface area contributed by atoms with Crippen LogP contribution in [0.4, 0.5) is 0 Å². The van der Waals surface area contributed by atoms with Crippen LogP contribution >= 0.6 is 24.8 Å². The lowest BCUT2D eigenvalue weighted by Gasteiger charge is -2.05. The molecule has 3 nitrogen and oxygen atoms in total. The highest BCUT2D eigenvalue weighted by atomic mass is 35.5. The van der Waals surface area contributed by atoms with Gasteiger partial charge in [-0.3, -0.25) is 4.79 Å². The van der Waals surface area contributed by atoms with Gasteiger partial charge in [0.2, 0.25) is 0 Å². The zero-order valence-electron chi connectivity index (χ0n) is 7.29.